The first-order valence-electron chi connectivity index (χ1n) is 6.67. The first-order valence-corrected chi connectivity index (χ1v) is 8.06. The molecule has 1 aliphatic heterocycles. The van der Waals surface area contributed by atoms with Crippen LogP contribution in [0.1, 0.15) is 39.5 Å². The summed E-state index contributed by atoms with van der Waals surface area (Å²) in [4.78, 5) is 14.4. The summed E-state index contributed by atoms with van der Waals surface area (Å²) in [7, 11) is 0. The van der Waals surface area contributed by atoms with Crippen molar-refractivity contribution in [3.8, 4) is 0 Å². The van der Waals surface area contributed by atoms with Crippen molar-refractivity contribution in [3.05, 3.63) is 0 Å². The van der Waals surface area contributed by atoms with Gasteiger partial charge in [0.1, 0.15) is 0 Å². The molecule has 3 nitrogen and oxygen atoms in total. The van der Waals surface area contributed by atoms with E-state index in [-0.39, 0.29) is 11.7 Å². The van der Waals surface area contributed by atoms with Crippen molar-refractivity contribution in [2.24, 2.45) is 5.92 Å². The van der Waals surface area contributed by atoms with E-state index < -0.39 is 0 Å². The molecule has 1 saturated heterocycles. The Morgan fingerprint density at radius 1 is 1.53 bits per heavy atom. The van der Waals surface area contributed by atoms with Gasteiger partial charge in [-0.05, 0) is 43.6 Å². The fourth-order valence-corrected chi connectivity index (χ4v) is 3.05. The van der Waals surface area contributed by atoms with Gasteiger partial charge in [0.05, 0.1) is 11.7 Å². The Bertz CT molecular complexity index is 289. The second kappa shape index (κ2) is 5.19. The first kappa shape index (κ1) is 13.2. The van der Waals surface area contributed by atoms with Gasteiger partial charge < -0.3 is 4.90 Å². The minimum atomic E-state index is -0.140. The summed E-state index contributed by atoms with van der Waals surface area (Å²) >= 11 is 1.86. The number of hydrogen-bond donors (Lipinski definition) is 1. The zero-order valence-electron chi connectivity index (χ0n) is 11.2. The van der Waals surface area contributed by atoms with E-state index in [9.17, 15) is 4.79 Å². The second-order valence-electron chi connectivity index (χ2n) is 5.72. The molecule has 0 bridgehead atoms. The number of thioether (sulfide) groups is 1. The molecule has 4 heteroatoms. The number of rotatable bonds is 6. The molecule has 1 unspecified atom stereocenters. The fraction of sp³-hybridized carbons (Fsp3) is 0.923. The minimum absolute atomic E-state index is 0.140. The van der Waals surface area contributed by atoms with Gasteiger partial charge in [0.15, 0.2) is 0 Å². The van der Waals surface area contributed by atoms with Crippen molar-refractivity contribution < 1.29 is 4.79 Å². The molecule has 2 aliphatic rings. The molecule has 98 valence electrons. The smallest absolute Gasteiger partial charge is 0.244 e. The lowest BCUT2D eigenvalue weighted by Gasteiger charge is -2.25. The Kier molecular flexibility index (Phi) is 4.03. The van der Waals surface area contributed by atoms with E-state index in [1.807, 2.05) is 11.8 Å². The third-order valence-corrected chi connectivity index (χ3v) is 4.38. The monoisotopic (exact) mass is 256 g/mol. The lowest BCUT2D eigenvalue weighted by molar-refractivity contribution is -0.130. The lowest BCUT2D eigenvalue weighted by atomic mass is 10.1. The third-order valence-electron chi connectivity index (χ3n) is 3.68. The SMILES string of the molecule is CSCCCN1C(=O)C2(CC2)NC1CC(C)C. The molecule has 0 aromatic rings. The van der Waals surface area contributed by atoms with Gasteiger partial charge in [-0.1, -0.05) is 13.8 Å². The Morgan fingerprint density at radius 2 is 2.24 bits per heavy atom. The Hall–Kier alpha value is -0.220. The van der Waals surface area contributed by atoms with Crippen LogP contribution < -0.4 is 5.32 Å². The van der Waals surface area contributed by atoms with E-state index in [2.05, 4.69) is 30.3 Å². The summed E-state index contributed by atoms with van der Waals surface area (Å²) in [6, 6.07) is 0. The highest BCUT2D eigenvalue weighted by molar-refractivity contribution is 7.98. The summed E-state index contributed by atoms with van der Waals surface area (Å²) in [6.07, 6.45) is 6.68. The number of nitrogens with zero attached hydrogens (tertiary/aromatic N) is 1. The highest BCUT2D eigenvalue weighted by Crippen LogP contribution is 2.43. The van der Waals surface area contributed by atoms with Crippen molar-refractivity contribution >= 4 is 17.7 Å². The molecule has 1 N–H and O–H groups in total. The summed E-state index contributed by atoms with van der Waals surface area (Å²) in [5, 5.41) is 3.57. The number of nitrogens with one attached hydrogen (secondary N) is 1. The fourth-order valence-electron chi connectivity index (χ4n) is 2.63. The molecule has 1 saturated carbocycles. The van der Waals surface area contributed by atoms with Crippen LogP contribution in [-0.2, 0) is 4.79 Å². The minimum Gasteiger partial charge on any atom is -0.325 e. The molecule has 1 heterocycles. The average molecular weight is 256 g/mol. The van der Waals surface area contributed by atoms with Crippen LogP contribution in [0.5, 0.6) is 0 Å². The quantitative estimate of drug-likeness (QED) is 0.739. The molecule has 1 amide bonds. The predicted octanol–water partition coefficient (Wildman–Crippen LogP) is 2.08. The molecule has 17 heavy (non-hydrogen) atoms. The van der Waals surface area contributed by atoms with Crippen LogP contribution in [0.3, 0.4) is 0 Å². The maximum Gasteiger partial charge on any atom is 0.244 e. The van der Waals surface area contributed by atoms with Crippen LogP contribution in [0.2, 0.25) is 0 Å². The topological polar surface area (TPSA) is 32.3 Å². The van der Waals surface area contributed by atoms with Gasteiger partial charge in [0, 0.05) is 6.54 Å². The molecular weight excluding hydrogens is 232 g/mol. The van der Waals surface area contributed by atoms with Gasteiger partial charge >= 0.3 is 0 Å². The van der Waals surface area contributed by atoms with Gasteiger partial charge in [-0.3, -0.25) is 10.1 Å². The predicted molar refractivity (Wildman–Crippen MR) is 73.1 cm³/mol. The number of carbonyl (C=O) groups excluding carboxylic acids is 1. The second-order valence-corrected chi connectivity index (χ2v) is 6.70. The van der Waals surface area contributed by atoms with Crippen LogP contribution in [0, 0.1) is 5.92 Å². The summed E-state index contributed by atoms with van der Waals surface area (Å²) in [5.41, 5.74) is -0.140. The number of hydrogen-bond acceptors (Lipinski definition) is 3. The Labute approximate surface area is 109 Å². The number of amides is 1. The number of carbonyl (C=O) groups is 1. The van der Waals surface area contributed by atoms with Gasteiger partial charge in [-0.2, -0.15) is 11.8 Å². The first-order chi connectivity index (χ1) is 8.09. The molecule has 0 aromatic carbocycles. The molecule has 2 fully saturated rings. The normalized spacial score (nSPS) is 26.2. The van der Waals surface area contributed by atoms with Gasteiger partial charge in [0.25, 0.3) is 0 Å². The summed E-state index contributed by atoms with van der Waals surface area (Å²) < 4.78 is 0. The van der Waals surface area contributed by atoms with Crippen LogP contribution in [0.25, 0.3) is 0 Å². The maximum atomic E-state index is 12.3. The zero-order valence-corrected chi connectivity index (χ0v) is 12.0. The van der Waals surface area contributed by atoms with Crippen molar-refractivity contribution in [3.63, 3.8) is 0 Å². The van der Waals surface area contributed by atoms with Crippen molar-refractivity contribution in [1.82, 2.24) is 10.2 Å². The maximum absolute atomic E-state index is 12.3. The summed E-state index contributed by atoms with van der Waals surface area (Å²) in [6.45, 7) is 5.38. The Balaban J connectivity index is 1.95. The van der Waals surface area contributed by atoms with E-state index in [1.54, 1.807) is 0 Å². The lowest BCUT2D eigenvalue weighted by Crippen LogP contribution is -2.39. The van der Waals surface area contributed by atoms with Crippen LogP contribution in [0.4, 0.5) is 0 Å². The third kappa shape index (κ3) is 2.79. The molecule has 2 rings (SSSR count). The van der Waals surface area contributed by atoms with Gasteiger partial charge in [-0.25, -0.2) is 0 Å². The van der Waals surface area contributed by atoms with E-state index >= 15 is 0 Å². The van der Waals surface area contributed by atoms with E-state index in [1.165, 1.54) is 0 Å². The largest absolute Gasteiger partial charge is 0.325 e. The molecule has 0 aromatic heterocycles. The highest BCUT2D eigenvalue weighted by atomic mass is 32.2. The van der Waals surface area contributed by atoms with Crippen molar-refractivity contribution in [2.75, 3.05) is 18.6 Å². The van der Waals surface area contributed by atoms with Crippen LogP contribution >= 0.6 is 11.8 Å². The van der Waals surface area contributed by atoms with Crippen LogP contribution in [0.15, 0.2) is 0 Å². The highest BCUT2D eigenvalue weighted by Gasteiger charge is 2.58. The average Bonchev–Trinajstić information content (AvgIpc) is 2.98. The molecule has 1 aliphatic carbocycles. The van der Waals surface area contributed by atoms with Gasteiger partial charge in [-0.15, -0.1) is 0 Å². The van der Waals surface area contributed by atoms with Crippen LogP contribution in [-0.4, -0.2) is 41.1 Å². The van der Waals surface area contributed by atoms with Gasteiger partial charge in [0.2, 0.25) is 5.91 Å². The van der Waals surface area contributed by atoms with E-state index in [4.69, 9.17) is 0 Å². The molecule has 0 radical (unpaired) electrons. The summed E-state index contributed by atoms with van der Waals surface area (Å²) in [5.74, 6) is 2.15. The molecule has 1 spiro atoms. The molecule has 1 atom stereocenters. The van der Waals surface area contributed by atoms with Crippen molar-refractivity contribution in [2.45, 2.75) is 51.2 Å². The van der Waals surface area contributed by atoms with E-state index in [0.717, 1.165) is 38.0 Å². The Morgan fingerprint density at radius 3 is 2.76 bits per heavy atom. The van der Waals surface area contributed by atoms with Crippen molar-refractivity contribution in [1.29, 1.82) is 0 Å². The standard InChI is InChI=1S/C13H24N2OS/c1-10(2)9-11-14-13(5-6-13)12(16)15(11)7-4-8-17-3/h10-11,14H,4-9H2,1-3H3. The molecular formula is C13H24N2OS. The zero-order chi connectivity index (χ0) is 12.5. The van der Waals surface area contributed by atoms with E-state index in [0.29, 0.717) is 11.8 Å².